The lowest BCUT2D eigenvalue weighted by atomic mass is 10.0. The standard InChI is InChI=1S/C15H21ClN2O2/c16-12-8-10(2-5-14(12)20-11-3-4-11)15(19)13(17)9-18-6-1-7-18/h2,5,8,11,13,15,19H,1,3-4,6-7,9,17H2/t13-,15?/m1/s1. The number of benzene rings is 1. The highest BCUT2D eigenvalue weighted by Crippen LogP contribution is 2.33. The molecule has 1 aliphatic carbocycles. The fourth-order valence-corrected chi connectivity index (χ4v) is 2.61. The lowest BCUT2D eigenvalue weighted by molar-refractivity contribution is 0.0955. The average Bonchev–Trinajstić information content (AvgIpc) is 3.19. The maximum Gasteiger partial charge on any atom is 0.138 e. The van der Waals surface area contributed by atoms with Gasteiger partial charge in [0.15, 0.2) is 0 Å². The van der Waals surface area contributed by atoms with E-state index in [1.54, 1.807) is 6.07 Å². The minimum absolute atomic E-state index is 0.290. The van der Waals surface area contributed by atoms with E-state index in [1.807, 2.05) is 12.1 Å². The number of nitrogens with two attached hydrogens (primary N) is 1. The zero-order chi connectivity index (χ0) is 14.1. The van der Waals surface area contributed by atoms with Crippen molar-refractivity contribution >= 4 is 11.6 Å². The Labute approximate surface area is 124 Å². The zero-order valence-corrected chi connectivity index (χ0v) is 12.2. The first-order valence-electron chi connectivity index (χ1n) is 7.25. The monoisotopic (exact) mass is 296 g/mol. The molecule has 4 nitrogen and oxygen atoms in total. The van der Waals surface area contributed by atoms with E-state index in [1.165, 1.54) is 6.42 Å². The van der Waals surface area contributed by atoms with E-state index >= 15 is 0 Å². The molecule has 110 valence electrons. The van der Waals surface area contributed by atoms with Gasteiger partial charge in [-0.3, -0.25) is 0 Å². The molecule has 0 amide bonds. The molecule has 20 heavy (non-hydrogen) atoms. The Morgan fingerprint density at radius 1 is 1.40 bits per heavy atom. The van der Waals surface area contributed by atoms with Crippen LogP contribution in [0.5, 0.6) is 5.75 Å². The van der Waals surface area contributed by atoms with Gasteiger partial charge in [-0.05, 0) is 50.0 Å². The molecular weight excluding hydrogens is 276 g/mol. The number of aliphatic hydroxyl groups is 1. The SMILES string of the molecule is N[C@H](CN1CCC1)C(O)c1ccc(OC2CC2)c(Cl)c1. The normalized spacial score (nSPS) is 22.1. The van der Waals surface area contributed by atoms with Crippen LogP contribution < -0.4 is 10.5 Å². The van der Waals surface area contributed by atoms with Gasteiger partial charge >= 0.3 is 0 Å². The number of hydrogen-bond donors (Lipinski definition) is 2. The van der Waals surface area contributed by atoms with Gasteiger partial charge < -0.3 is 20.5 Å². The molecule has 1 saturated carbocycles. The number of ether oxygens (including phenoxy) is 1. The quantitative estimate of drug-likeness (QED) is 0.842. The Morgan fingerprint density at radius 2 is 2.15 bits per heavy atom. The highest BCUT2D eigenvalue weighted by Gasteiger charge is 2.26. The summed E-state index contributed by atoms with van der Waals surface area (Å²) in [4.78, 5) is 2.25. The molecule has 2 aliphatic rings. The third-order valence-corrected chi connectivity index (χ3v) is 4.23. The molecule has 0 radical (unpaired) electrons. The molecule has 2 atom stereocenters. The van der Waals surface area contributed by atoms with Crippen molar-refractivity contribution in [3.8, 4) is 5.75 Å². The summed E-state index contributed by atoms with van der Waals surface area (Å²) in [5, 5.41) is 10.9. The van der Waals surface area contributed by atoms with E-state index < -0.39 is 6.10 Å². The van der Waals surface area contributed by atoms with Gasteiger partial charge in [-0.15, -0.1) is 0 Å². The number of likely N-dealkylation sites (tertiary alicyclic amines) is 1. The number of nitrogens with zero attached hydrogens (tertiary/aromatic N) is 1. The maximum absolute atomic E-state index is 10.3. The zero-order valence-electron chi connectivity index (χ0n) is 11.5. The number of rotatable bonds is 6. The van der Waals surface area contributed by atoms with Crippen molar-refractivity contribution < 1.29 is 9.84 Å². The van der Waals surface area contributed by atoms with Gasteiger partial charge in [-0.25, -0.2) is 0 Å². The minimum Gasteiger partial charge on any atom is -0.489 e. The van der Waals surface area contributed by atoms with Crippen LogP contribution in [0.2, 0.25) is 5.02 Å². The Hall–Kier alpha value is -0.810. The van der Waals surface area contributed by atoms with Crippen molar-refractivity contribution in [2.75, 3.05) is 19.6 Å². The van der Waals surface area contributed by atoms with Gasteiger partial charge in [0, 0.05) is 12.6 Å². The Bertz CT molecular complexity index is 475. The predicted octanol–water partition coefficient (Wildman–Crippen LogP) is 1.95. The van der Waals surface area contributed by atoms with E-state index in [-0.39, 0.29) is 6.04 Å². The summed E-state index contributed by atoms with van der Waals surface area (Å²) in [7, 11) is 0. The first-order valence-corrected chi connectivity index (χ1v) is 7.63. The highest BCUT2D eigenvalue weighted by atomic mass is 35.5. The molecule has 0 spiro atoms. The molecule has 0 aromatic heterocycles. The van der Waals surface area contributed by atoms with Gasteiger partial charge in [0.05, 0.1) is 17.2 Å². The van der Waals surface area contributed by atoms with Crippen molar-refractivity contribution in [3.05, 3.63) is 28.8 Å². The van der Waals surface area contributed by atoms with Crippen LogP contribution in [0.15, 0.2) is 18.2 Å². The van der Waals surface area contributed by atoms with Crippen LogP contribution in [0, 0.1) is 0 Å². The van der Waals surface area contributed by atoms with E-state index in [0.717, 1.165) is 38.0 Å². The van der Waals surface area contributed by atoms with E-state index in [2.05, 4.69) is 4.90 Å². The molecule has 0 bridgehead atoms. The molecule has 1 heterocycles. The summed E-state index contributed by atoms with van der Waals surface area (Å²) in [5.74, 6) is 0.696. The van der Waals surface area contributed by atoms with E-state index in [4.69, 9.17) is 22.1 Å². The summed E-state index contributed by atoms with van der Waals surface area (Å²) >= 11 is 6.21. The molecule has 3 N–H and O–H groups in total. The smallest absolute Gasteiger partial charge is 0.138 e. The van der Waals surface area contributed by atoms with Crippen LogP contribution in [-0.4, -0.2) is 41.8 Å². The molecule has 3 rings (SSSR count). The Balaban J connectivity index is 1.63. The first kappa shape index (κ1) is 14.1. The maximum atomic E-state index is 10.3. The second-order valence-corrected chi connectivity index (χ2v) is 6.18. The third kappa shape index (κ3) is 3.26. The predicted molar refractivity (Wildman–Crippen MR) is 79.1 cm³/mol. The lowest BCUT2D eigenvalue weighted by Crippen LogP contribution is -2.47. The van der Waals surface area contributed by atoms with Gasteiger partial charge in [0.25, 0.3) is 0 Å². The van der Waals surface area contributed by atoms with Crippen LogP contribution in [0.1, 0.15) is 30.9 Å². The lowest BCUT2D eigenvalue weighted by Gasteiger charge is -2.34. The number of halogens is 1. The van der Waals surface area contributed by atoms with E-state index in [0.29, 0.717) is 16.9 Å². The second-order valence-electron chi connectivity index (χ2n) is 5.77. The second kappa shape index (κ2) is 5.90. The molecule has 1 unspecified atom stereocenters. The fourth-order valence-electron chi connectivity index (χ4n) is 2.37. The van der Waals surface area contributed by atoms with Gasteiger partial charge in [0.1, 0.15) is 5.75 Å². The highest BCUT2D eigenvalue weighted by molar-refractivity contribution is 6.32. The molecule has 1 aromatic carbocycles. The summed E-state index contributed by atoms with van der Waals surface area (Å²) in [6.45, 7) is 2.88. The third-order valence-electron chi connectivity index (χ3n) is 3.94. The average molecular weight is 297 g/mol. The summed E-state index contributed by atoms with van der Waals surface area (Å²) in [6.07, 6.45) is 3.05. The molecule has 5 heteroatoms. The molecule has 1 aromatic rings. The minimum atomic E-state index is -0.692. The largest absolute Gasteiger partial charge is 0.489 e. The van der Waals surface area contributed by atoms with Crippen molar-refractivity contribution in [2.24, 2.45) is 5.73 Å². The Kier molecular flexibility index (Phi) is 4.17. The van der Waals surface area contributed by atoms with Crippen LogP contribution in [0.25, 0.3) is 0 Å². The fraction of sp³-hybridized carbons (Fsp3) is 0.600. The molecule has 1 saturated heterocycles. The van der Waals surface area contributed by atoms with E-state index in [9.17, 15) is 5.11 Å². The van der Waals surface area contributed by atoms with Gasteiger partial charge in [-0.1, -0.05) is 17.7 Å². The number of hydrogen-bond acceptors (Lipinski definition) is 4. The topological polar surface area (TPSA) is 58.7 Å². The van der Waals surface area contributed by atoms with Crippen LogP contribution in [0.4, 0.5) is 0 Å². The Morgan fingerprint density at radius 3 is 2.70 bits per heavy atom. The van der Waals surface area contributed by atoms with Crippen molar-refractivity contribution in [3.63, 3.8) is 0 Å². The first-order chi connectivity index (χ1) is 9.63. The van der Waals surface area contributed by atoms with Crippen molar-refractivity contribution in [1.29, 1.82) is 0 Å². The van der Waals surface area contributed by atoms with Gasteiger partial charge in [0.2, 0.25) is 0 Å². The summed E-state index contributed by atoms with van der Waals surface area (Å²) < 4.78 is 5.69. The number of aliphatic hydroxyl groups excluding tert-OH is 1. The molecular formula is C15H21ClN2O2. The van der Waals surface area contributed by atoms with Crippen molar-refractivity contribution in [1.82, 2.24) is 4.90 Å². The summed E-state index contributed by atoms with van der Waals surface area (Å²) in [6, 6.07) is 5.15. The van der Waals surface area contributed by atoms with Crippen LogP contribution in [-0.2, 0) is 0 Å². The molecule has 1 aliphatic heterocycles. The molecule has 2 fully saturated rings. The summed E-state index contributed by atoms with van der Waals surface area (Å²) in [5.41, 5.74) is 6.83. The van der Waals surface area contributed by atoms with Crippen molar-refractivity contribution in [2.45, 2.75) is 37.5 Å². The van der Waals surface area contributed by atoms with Gasteiger partial charge in [-0.2, -0.15) is 0 Å². The van der Waals surface area contributed by atoms with Crippen LogP contribution in [0.3, 0.4) is 0 Å². The van der Waals surface area contributed by atoms with Crippen LogP contribution >= 0.6 is 11.6 Å².